The maximum absolute atomic E-state index is 10.9. The SMILES string of the molecule is C=CC(=O)OCC/C=C\CC(C=C)CC/C=C/COC(=O)CC. The Balaban J connectivity index is 3.75. The van der Waals surface area contributed by atoms with Crippen molar-refractivity contribution in [1.82, 2.24) is 0 Å². The van der Waals surface area contributed by atoms with E-state index in [1.165, 1.54) is 0 Å². The number of rotatable bonds is 13. The van der Waals surface area contributed by atoms with Gasteiger partial charge in [-0.2, -0.15) is 0 Å². The van der Waals surface area contributed by atoms with Crippen LogP contribution in [-0.4, -0.2) is 25.2 Å². The summed E-state index contributed by atoms with van der Waals surface area (Å²) in [5.41, 5.74) is 0. The second-order valence-electron chi connectivity index (χ2n) is 4.95. The van der Waals surface area contributed by atoms with Gasteiger partial charge in [-0.05, 0) is 31.6 Å². The lowest BCUT2D eigenvalue weighted by atomic mass is 9.99. The van der Waals surface area contributed by atoms with E-state index in [1.807, 2.05) is 24.3 Å². The van der Waals surface area contributed by atoms with Gasteiger partial charge < -0.3 is 9.47 Å². The zero-order chi connectivity index (χ0) is 17.3. The van der Waals surface area contributed by atoms with Gasteiger partial charge in [-0.25, -0.2) is 4.79 Å². The first kappa shape index (κ1) is 20.9. The molecule has 0 aliphatic rings. The van der Waals surface area contributed by atoms with Crippen LogP contribution in [0.2, 0.25) is 0 Å². The Hall–Kier alpha value is -2.10. The molecule has 4 heteroatoms. The molecule has 0 saturated carbocycles. The highest BCUT2D eigenvalue weighted by Crippen LogP contribution is 2.13. The van der Waals surface area contributed by atoms with Crippen LogP contribution in [0.25, 0.3) is 0 Å². The van der Waals surface area contributed by atoms with Crippen molar-refractivity contribution in [3.63, 3.8) is 0 Å². The number of allylic oxidation sites excluding steroid dienone is 3. The predicted octanol–water partition coefficient (Wildman–Crippen LogP) is 4.14. The Morgan fingerprint density at radius 2 is 1.78 bits per heavy atom. The Kier molecular flexibility index (Phi) is 13.5. The standard InChI is InChI=1S/C19H28O4/c1-4-17(13-9-7-11-15-22-18(20)5-2)14-10-8-12-16-23-19(21)6-3/h4-5,7-9,12,17H,1-2,6,10-11,13-16H2,3H3/b9-7-,12-8+. The van der Waals surface area contributed by atoms with Crippen molar-refractivity contribution in [3.05, 3.63) is 49.6 Å². The lowest BCUT2D eigenvalue weighted by molar-refractivity contribution is -0.142. The summed E-state index contributed by atoms with van der Waals surface area (Å²) in [7, 11) is 0. The van der Waals surface area contributed by atoms with Crippen LogP contribution in [0.1, 0.15) is 39.0 Å². The Morgan fingerprint density at radius 3 is 2.43 bits per heavy atom. The molecule has 0 fully saturated rings. The molecule has 0 rings (SSSR count). The van der Waals surface area contributed by atoms with Crippen LogP contribution in [0.3, 0.4) is 0 Å². The third-order valence-electron chi connectivity index (χ3n) is 3.13. The molecule has 0 saturated heterocycles. The summed E-state index contributed by atoms with van der Waals surface area (Å²) in [5, 5.41) is 0. The first-order valence-corrected chi connectivity index (χ1v) is 8.01. The second kappa shape index (κ2) is 14.8. The molecule has 0 aliphatic heterocycles. The van der Waals surface area contributed by atoms with E-state index in [0.29, 0.717) is 32.0 Å². The summed E-state index contributed by atoms with van der Waals surface area (Å²) in [6.45, 7) is 9.68. The number of hydrogen-bond donors (Lipinski definition) is 0. The summed E-state index contributed by atoms with van der Waals surface area (Å²) in [5.74, 6) is -0.161. The lowest BCUT2D eigenvalue weighted by Crippen LogP contribution is -2.01. The molecule has 0 aromatic rings. The van der Waals surface area contributed by atoms with E-state index >= 15 is 0 Å². The van der Waals surface area contributed by atoms with E-state index in [2.05, 4.69) is 19.2 Å². The molecule has 1 atom stereocenters. The molecule has 128 valence electrons. The van der Waals surface area contributed by atoms with Gasteiger partial charge in [0.05, 0.1) is 6.61 Å². The molecule has 23 heavy (non-hydrogen) atoms. The normalized spacial score (nSPS) is 12.2. The summed E-state index contributed by atoms with van der Waals surface area (Å²) in [4.78, 5) is 21.8. The van der Waals surface area contributed by atoms with Crippen LogP contribution in [0.15, 0.2) is 49.6 Å². The van der Waals surface area contributed by atoms with E-state index in [1.54, 1.807) is 6.92 Å². The van der Waals surface area contributed by atoms with Gasteiger partial charge >= 0.3 is 11.9 Å². The molecule has 0 radical (unpaired) electrons. The average Bonchev–Trinajstić information content (AvgIpc) is 2.58. The first-order valence-electron chi connectivity index (χ1n) is 8.01. The fourth-order valence-electron chi connectivity index (χ4n) is 1.75. The molecule has 0 aliphatic carbocycles. The molecule has 4 nitrogen and oxygen atoms in total. The van der Waals surface area contributed by atoms with Gasteiger partial charge in [-0.3, -0.25) is 4.79 Å². The highest BCUT2D eigenvalue weighted by molar-refractivity contribution is 5.81. The molecule has 1 unspecified atom stereocenters. The van der Waals surface area contributed by atoms with Crippen LogP contribution in [0.5, 0.6) is 0 Å². The van der Waals surface area contributed by atoms with Crippen molar-refractivity contribution in [3.8, 4) is 0 Å². The largest absolute Gasteiger partial charge is 0.462 e. The maximum Gasteiger partial charge on any atom is 0.330 e. The predicted molar refractivity (Wildman–Crippen MR) is 92.8 cm³/mol. The van der Waals surface area contributed by atoms with Gasteiger partial charge in [0.15, 0.2) is 0 Å². The summed E-state index contributed by atoms with van der Waals surface area (Å²) >= 11 is 0. The molecular formula is C19H28O4. The zero-order valence-corrected chi connectivity index (χ0v) is 14.0. The quantitative estimate of drug-likeness (QED) is 0.221. The highest BCUT2D eigenvalue weighted by atomic mass is 16.5. The van der Waals surface area contributed by atoms with Crippen molar-refractivity contribution in [2.45, 2.75) is 39.0 Å². The maximum atomic E-state index is 10.9. The first-order chi connectivity index (χ1) is 11.1. The number of carbonyl (C=O) groups is 2. The van der Waals surface area contributed by atoms with Crippen LogP contribution < -0.4 is 0 Å². The molecular weight excluding hydrogens is 292 g/mol. The minimum absolute atomic E-state index is 0.178. The van der Waals surface area contributed by atoms with Crippen LogP contribution in [0, 0.1) is 5.92 Å². The number of carbonyl (C=O) groups excluding carboxylic acids is 2. The Bertz CT molecular complexity index is 421. The minimum atomic E-state index is -0.390. The highest BCUT2D eigenvalue weighted by Gasteiger charge is 2.00. The third-order valence-corrected chi connectivity index (χ3v) is 3.13. The van der Waals surface area contributed by atoms with Gasteiger partial charge in [0, 0.05) is 12.5 Å². The average molecular weight is 320 g/mol. The Labute approximate surface area is 139 Å². The van der Waals surface area contributed by atoms with Crippen LogP contribution in [0.4, 0.5) is 0 Å². The summed E-state index contributed by atoms with van der Waals surface area (Å²) < 4.78 is 9.83. The topological polar surface area (TPSA) is 52.6 Å². The van der Waals surface area contributed by atoms with Crippen molar-refractivity contribution < 1.29 is 19.1 Å². The van der Waals surface area contributed by atoms with Crippen LogP contribution >= 0.6 is 0 Å². The second-order valence-corrected chi connectivity index (χ2v) is 4.95. The molecule has 0 heterocycles. The van der Waals surface area contributed by atoms with E-state index in [9.17, 15) is 9.59 Å². The van der Waals surface area contributed by atoms with Crippen molar-refractivity contribution in [1.29, 1.82) is 0 Å². The van der Waals surface area contributed by atoms with Crippen molar-refractivity contribution in [2.24, 2.45) is 5.92 Å². The molecule has 0 N–H and O–H groups in total. The van der Waals surface area contributed by atoms with E-state index < -0.39 is 5.97 Å². The van der Waals surface area contributed by atoms with E-state index in [0.717, 1.165) is 25.3 Å². The molecule has 0 spiro atoms. The van der Waals surface area contributed by atoms with E-state index in [4.69, 9.17) is 9.47 Å². The Morgan fingerprint density at radius 1 is 1.04 bits per heavy atom. The lowest BCUT2D eigenvalue weighted by Gasteiger charge is -2.07. The fourth-order valence-corrected chi connectivity index (χ4v) is 1.75. The molecule has 0 amide bonds. The zero-order valence-electron chi connectivity index (χ0n) is 14.0. The van der Waals surface area contributed by atoms with Gasteiger partial charge in [-0.1, -0.05) is 43.9 Å². The number of ether oxygens (including phenoxy) is 2. The smallest absolute Gasteiger partial charge is 0.330 e. The molecule has 0 aromatic carbocycles. The monoisotopic (exact) mass is 320 g/mol. The molecule has 0 bridgehead atoms. The van der Waals surface area contributed by atoms with Gasteiger partial charge in [0.2, 0.25) is 0 Å². The fraction of sp³-hybridized carbons (Fsp3) is 0.474. The van der Waals surface area contributed by atoms with Crippen LogP contribution in [-0.2, 0) is 19.1 Å². The minimum Gasteiger partial charge on any atom is -0.462 e. The van der Waals surface area contributed by atoms with Gasteiger partial charge in [-0.15, -0.1) is 6.58 Å². The van der Waals surface area contributed by atoms with Gasteiger partial charge in [0.1, 0.15) is 6.61 Å². The van der Waals surface area contributed by atoms with Gasteiger partial charge in [0.25, 0.3) is 0 Å². The van der Waals surface area contributed by atoms with E-state index in [-0.39, 0.29) is 5.97 Å². The van der Waals surface area contributed by atoms with Crippen molar-refractivity contribution in [2.75, 3.05) is 13.2 Å². The van der Waals surface area contributed by atoms with Crippen molar-refractivity contribution >= 4 is 11.9 Å². The molecule has 0 aromatic heterocycles. The number of esters is 2. The number of hydrogen-bond acceptors (Lipinski definition) is 4. The third kappa shape index (κ3) is 13.3. The summed E-state index contributed by atoms with van der Waals surface area (Å²) in [6.07, 6.45) is 15.0. The summed E-state index contributed by atoms with van der Waals surface area (Å²) in [6, 6.07) is 0.